The molecule has 18 heavy (non-hydrogen) atoms. The molecule has 94 valence electrons. The van der Waals surface area contributed by atoms with Crippen LogP contribution >= 0.6 is 12.2 Å². The van der Waals surface area contributed by atoms with E-state index in [9.17, 15) is 0 Å². The molecule has 1 unspecified atom stereocenters. The van der Waals surface area contributed by atoms with E-state index in [0.29, 0.717) is 4.99 Å². The number of nitrogens with one attached hydrogen (secondary N) is 1. The van der Waals surface area contributed by atoms with Gasteiger partial charge in [-0.25, -0.2) is 4.98 Å². The van der Waals surface area contributed by atoms with Crippen molar-refractivity contribution in [3.05, 3.63) is 47.5 Å². The maximum atomic E-state index is 5.55. The molecule has 1 atom stereocenters. The molecular formula is C13H15N3OS. The second kappa shape index (κ2) is 5.18. The third kappa shape index (κ3) is 2.87. The van der Waals surface area contributed by atoms with Gasteiger partial charge in [0, 0.05) is 11.8 Å². The SMILES string of the molecule is Cc1ccc(C(C)Nc2ccc(C(N)=S)cn2)o1. The van der Waals surface area contributed by atoms with Crippen molar-refractivity contribution in [2.24, 2.45) is 5.73 Å². The first kappa shape index (κ1) is 12.6. The molecule has 0 spiro atoms. The molecule has 0 bridgehead atoms. The van der Waals surface area contributed by atoms with Gasteiger partial charge in [-0.05, 0) is 38.1 Å². The third-order valence-electron chi connectivity index (χ3n) is 2.60. The van der Waals surface area contributed by atoms with Crippen LogP contribution in [0.2, 0.25) is 0 Å². The van der Waals surface area contributed by atoms with Crippen LogP contribution in [0.25, 0.3) is 0 Å². The van der Waals surface area contributed by atoms with Crippen molar-refractivity contribution in [2.45, 2.75) is 19.9 Å². The molecule has 2 aromatic heterocycles. The number of rotatable bonds is 4. The minimum Gasteiger partial charge on any atom is -0.464 e. The lowest BCUT2D eigenvalue weighted by atomic mass is 10.2. The molecule has 0 fully saturated rings. The summed E-state index contributed by atoms with van der Waals surface area (Å²) < 4.78 is 5.55. The second-order valence-electron chi connectivity index (χ2n) is 4.11. The summed E-state index contributed by atoms with van der Waals surface area (Å²) in [6.45, 7) is 3.94. The van der Waals surface area contributed by atoms with Crippen LogP contribution in [0, 0.1) is 6.92 Å². The number of thiocarbonyl (C=S) groups is 1. The number of hydrogen-bond acceptors (Lipinski definition) is 4. The predicted molar refractivity (Wildman–Crippen MR) is 75.6 cm³/mol. The van der Waals surface area contributed by atoms with E-state index in [1.165, 1.54) is 0 Å². The summed E-state index contributed by atoms with van der Waals surface area (Å²) in [6.07, 6.45) is 1.66. The molecule has 2 aromatic rings. The van der Waals surface area contributed by atoms with Gasteiger partial charge in [0.05, 0.1) is 6.04 Å². The first-order chi connectivity index (χ1) is 8.56. The number of aryl methyl sites for hydroxylation is 1. The minimum atomic E-state index is 0.0573. The van der Waals surface area contributed by atoms with E-state index < -0.39 is 0 Å². The lowest BCUT2D eigenvalue weighted by Crippen LogP contribution is -2.11. The number of nitrogens with two attached hydrogens (primary N) is 1. The zero-order valence-corrected chi connectivity index (χ0v) is 11.1. The van der Waals surface area contributed by atoms with Gasteiger partial charge in [0.25, 0.3) is 0 Å². The zero-order chi connectivity index (χ0) is 13.1. The summed E-state index contributed by atoms with van der Waals surface area (Å²) in [5.74, 6) is 2.54. The maximum Gasteiger partial charge on any atom is 0.126 e. The average Bonchev–Trinajstić information content (AvgIpc) is 2.76. The molecular weight excluding hydrogens is 246 g/mol. The Labute approximate surface area is 111 Å². The molecule has 4 nitrogen and oxygen atoms in total. The molecule has 0 aliphatic rings. The Morgan fingerprint density at radius 3 is 2.67 bits per heavy atom. The Morgan fingerprint density at radius 1 is 1.39 bits per heavy atom. The van der Waals surface area contributed by atoms with Gasteiger partial charge in [-0.3, -0.25) is 0 Å². The molecule has 5 heteroatoms. The average molecular weight is 261 g/mol. The number of furan rings is 1. The Morgan fingerprint density at radius 2 is 2.17 bits per heavy atom. The van der Waals surface area contributed by atoms with Crippen LogP contribution in [0.4, 0.5) is 5.82 Å². The van der Waals surface area contributed by atoms with Gasteiger partial charge in [0.15, 0.2) is 0 Å². The molecule has 3 N–H and O–H groups in total. The van der Waals surface area contributed by atoms with Gasteiger partial charge in [-0.2, -0.15) is 0 Å². The number of pyridine rings is 1. The van der Waals surface area contributed by atoms with Gasteiger partial charge < -0.3 is 15.5 Å². The summed E-state index contributed by atoms with van der Waals surface area (Å²) in [7, 11) is 0. The summed E-state index contributed by atoms with van der Waals surface area (Å²) in [5.41, 5.74) is 6.28. The van der Waals surface area contributed by atoms with E-state index in [1.807, 2.05) is 38.1 Å². The summed E-state index contributed by atoms with van der Waals surface area (Å²) in [5, 5.41) is 3.25. The number of hydrogen-bond donors (Lipinski definition) is 2. The van der Waals surface area contributed by atoms with Crippen molar-refractivity contribution in [2.75, 3.05) is 5.32 Å². The van der Waals surface area contributed by atoms with Crippen molar-refractivity contribution in [3.63, 3.8) is 0 Å². The standard InChI is InChI=1S/C13H15N3OS/c1-8-3-5-11(17-8)9(2)16-12-6-4-10(7-15-12)13(14)18/h3-7,9H,1-2H3,(H2,14,18)(H,15,16). The van der Waals surface area contributed by atoms with E-state index >= 15 is 0 Å². The van der Waals surface area contributed by atoms with Crippen LogP contribution in [0.3, 0.4) is 0 Å². The van der Waals surface area contributed by atoms with Crippen LogP contribution in [0.5, 0.6) is 0 Å². The minimum absolute atomic E-state index is 0.0573. The second-order valence-corrected chi connectivity index (χ2v) is 4.55. The van der Waals surface area contributed by atoms with Gasteiger partial charge in [0.2, 0.25) is 0 Å². The summed E-state index contributed by atoms with van der Waals surface area (Å²) >= 11 is 4.87. The largest absolute Gasteiger partial charge is 0.464 e. The topological polar surface area (TPSA) is 64.1 Å². The molecule has 2 heterocycles. The highest BCUT2D eigenvalue weighted by atomic mass is 32.1. The normalized spacial score (nSPS) is 12.1. The fraction of sp³-hybridized carbons (Fsp3) is 0.231. The third-order valence-corrected chi connectivity index (χ3v) is 2.84. The first-order valence-electron chi connectivity index (χ1n) is 5.65. The van der Waals surface area contributed by atoms with E-state index in [0.717, 1.165) is 22.9 Å². The molecule has 2 rings (SSSR count). The Balaban J connectivity index is 2.07. The monoisotopic (exact) mass is 261 g/mol. The Bertz CT molecular complexity index is 548. The quantitative estimate of drug-likeness (QED) is 0.829. The highest BCUT2D eigenvalue weighted by Crippen LogP contribution is 2.19. The molecule has 0 aliphatic carbocycles. The lowest BCUT2D eigenvalue weighted by molar-refractivity contribution is 0.466. The fourth-order valence-corrected chi connectivity index (χ4v) is 1.72. The van der Waals surface area contributed by atoms with Crippen LogP contribution in [0.15, 0.2) is 34.9 Å². The molecule has 0 aromatic carbocycles. The van der Waals surface area contributed by atoms with Crippen molar-refractivity contribution in [1.82, 2.24) is 4.98 Å². The zero-order valence-electron chi connectivity index (χ0n) is 10.3. The Hall–Kier alpha value is -1.88. The van der Waals surface area contributed by atoms with Crippen molar-refractivity contribution >= 4 is 23.0 Å². The molecule has 0 amide bonds. The van der Waals surface area contributed by atoms with Crippen LogP contribution < -0.4 is 11.1 Å². The van der Waals surface area contributed by atoms with Crippen LogP contribution in [-0.2, 0) is 0 Å². The summed E-state index contributed by atoms with van der Waals surface area (Å²) in [4.78, 5) is 4.60. The van der Waals surface area contributed by atoms with Crippen molar-refractivity contribution < 1.29 is 4.42 Å². The number of nitrogens with zero attached hydrogens (tertiary/aromatic N) is 1. The molecule has 0 saturated carbocycles. The maximum absolute atomic E-state index is 5.55. The van der Waals surface area contributed by atoms with E-state index in [1.54, 1.807) is 6.20 Å². The first-order valence-corrected chi connectivity index (χ1v) is 6.06. The van der Waals surface area contributed by atoms with E-state index in [4.69, 9.17) is 22.4 Å². The highest BCUT2D eigenvalue weighted by molar-refractivity contribution is 7.80. The predicted octanol–water partition coefficient (Wildman–Crippen LogP) is 2.79. The molecule has 0 radical (unpaired) electrons. The van der Waals surface area contributed by atoms with Gasteiger partial charge in [0.1, 0.15) is 22.3 Å². The molecule has 0 aliphatic heterocycles. The van der Waals surface area contributed by atoms with Crippen molar-refractivity contribution in [1.29, 1.82) is 0 Å². The van der Waals surface area contributed by atoms with Crippen LogP contribution in [0.1, 0.15) is 30.0 Å². The van der Waals surface area contributed by atoms with E-state index in [2.05, 4.69) is 10.3 Å². The van der Waals surface area contributed by atoms with Gasteiger partial charge in [-0.1, -0.05) is 12.2 Å². The van der Waals surface area contributed by atoms with Gasteiger partial charge >= 0.3 is 0 Å². The fourth-order valence-electron chi connectivity index (χ4n) is 1.60. The van der Waals surface area contributed by atoms with Crippen LogP contribution in [-0.4, -0.2) is 9.97 Å². The van der Waals surface area contributed by atoms with Gasteiger partial charge in [-0.15, -0.1) is 0 Å². The number of anilines is 1. The smallest absolute Gasteiger partial charge is 0.126 e. The van der Waals surface area contributed by atoms with Crippen molar-refractivity contribution in [3.8, 4) is 0 Å². The number of aromatic nitrogens is 1. The highest BCUT2D eigenvalue weighted by Gasteiger charge is 2.09. The lowest BCUT2D eigenvalue weighted by Gasteiger charge is -2.12. The van der Waals surface area contributed by atoms with E-state index in [-0.39, 0.29) is 6.04 Å². The Kier molecular flexibility index (Phi) is 3.62. The molecule has 0 saturated heterocycles. The summed E-state index contributed by atoms with van der Waals surface area (Å²) in [6, 6.07) is 7.65.